The molecule has 0 saturated heterocycles. The number of nitrogens with two attached hydrogens (primary N) is 1. The fourth-order valence-corrected chi connectivity index (χ4v) is 4.81. The number of hydrogen-bond acceptors (Lipinski definition) is 6. The number of nitrogens with one attached hydrogen (secondary N) is 2. The quantitative estimate of drug-likeness (QED) is 0.502. The number of benzene rings is 2. The maximum Gasteiger partial charge on any atom is 0.434 e. The molecule has 1 heterocycles. The van der Waals surface area contributed by atoms with Gasteiger partial charge in [0.15, 0.2) is 0 Å². The fraction of sp³-hybridized carbons (Fsp3) is 0.211. The van der Waals surface area contributed by atoms with Crippen LogP contribution in [0.1, 0.15) is 46.3 Å². The number of aryl methyl sites for hydroxylation is 1. The van der Waals surface area contributed by atoms with Crippen molar-refractivity contribution in [3.8, 4) is 0 Å². The van der Waals surface area contributed by atoms with Crippen molar-refractivity contribution in [1.82, 2.24) is 14.9 Å². The van der Waals surface area contributed by atoms with E-state index < -0.39 is 33.6 Å². The molecule has 0 radical (unpaired) electrons. The number of hydrogen-bond donors (Lipinski definition) is 3. The summed E-state index contributed by atoms with van der Waals surface area (Å²) in [6, 6.07) is 10.0. The fourth-order valence-electron chi connectivity index (χ4n) is 3.18. The van der Waals surface area contributed by atoms with E-state index in [0.29, 0.717) is 0 Å². The van der Waals surface area contributed by atoms with Crippen LogP contribution in [0, 0.1) is 6.92 Å². The van der Waals surface area contributed by atoms with Gasteiger partial charge in [0.1, 0.15) is 6.04 Å². The van der Waals surface area contributed by atoms with Gasteiger partial charge in [-0.3, -0.25) is 4.79 Å². The highest BCUT2D eigenvalue weighted by Gasteiger charge is 2.33. The van der Waals surface area contributed by atoms with Gasteiger partial charge in [-0.1, -0.05) is 42.8 Å². The summed E-state index contributed by atoms with van der Waals surface area (Å²) in [7, 11) is -4.28. The molecule has 11 heteroatoms. The Morgan fingerprint density at radius 1 is 1.27 bits per heavy atom. The standard InChI is InChI=1S/C19H19ClN4O5S/c1-10-5-3-4-6-13(10)11(2)16(18-22-23-19(26)29-18)24-30(27,28)15-8-7-12(20)9-14(15)17(21)25/h3-9,11,16,24H,1-2H3,(H2,21,25)(H,23,26)/t11-,16?/m1/s1. The smallest absolute Gasteiger partial charge is 0.391 e. The lowest BCUT2D eigenvalue weighted by Gasteiger charge is -2.24. The lowest BCUT2D eigenvalue weighted by Crippen LogP contribution is -2.33. The van der Waals surface area contributed by atoms with Gasteiger partial charge in [-0.15, -0.1) is 5.10 Å². The molecule has 0 aliphatic heterocycles. The number of sulfonamides is 1. The monoisotopic (exact) mass is 450 g/mol. The Balaban J connectivity index is 2.09. The van der Waals surface area contributed by atoms with Gasteiger partial charge in [0, 0.05) is 10.9 Å². The van der Waals surface area contributed by atoms with Crippen molar-refractivity contribution < 1.29 is 17.6 Å². The second-order valence-electron chi connectivity index (χ2n) is 6.70. The highest BCUT2D eigenvalue weighted by molar-refractivity contribution is 7.89. The van der Waals surface area contributed by atoms with E-state index in [2.05, 4.69) is 14.9 Å². The summed E-state index contributed by atoms with van der Waals surface area (Å²) >= 11 is 5.88. The Morgan fingerprint density at radius 3 is 2.57 bits per heavy atom. The SMILES string of the molecule is Cc1ccccc1[C@@H](C)C(NS(=O)(=O)c1ccc(Cl)cc1C(N)=O)c1n[nH]c(=O)o1. The lowest BCUT2D eigenvalue weighted by molar-refractivity contribution is 0.0997. The normalized spacial score (nSPS) is 13.7. The summed E-state index contributed by atoms with van der Waals surface area (Å²) in [5.41, 5.74) is 6.80. The van der Waals surface area contributed by atoms with E-state index in [1.54, 1.807) is 6.92 Å². The molecule has 2 atom stereocenters. The summed E-state index contributed by atoms with van der Waals surface area (Å²) in [4.78, 5) is 22.9. The van der Waals surface area contributed by atoms with Crippen LogP contribution in [0.25, 0.3) is 0 Å². The maximum absolute atomic E-state index is 13.2. The Bertz CT molecular complexity index is 1250. The van der Waals surface area contributed by atoms with E-state index in [1.807, 2.05) is 31.2 Å². The molecule has 4 N–H and O–H groups in total. The van der Waals surface area contributed by atoms with Crippen molar-refractivity contribution >= 4 is 27.5 Å². The van der Waals surface area contributed by atoms with Crippen molar-refractivity contribution in [3.05, 3.63) is 80.6 Å². The molecule has 1 aromatic heterocycles. The Kier molecular flexibility index (Phi) is 6.11. The zero-order valence-electron chi connectivity index (χ0n) is 16.0. The predicted octanol–water partition coefficient (Wildman–Crippen LogP) is 2.25. The second kappa shape index (κ2) is 8.42. The van der Waals surface area contributed by atoms with Gasteiger partial charge in [-0.2, -0.15) is 4.72 Å². The Morgan fingerprint density at radius 2 is 1.97 bits per heavy atom. The number of aromatic amines is 1. The van der Waals surface area contributed by atoms with Crippen molar-refractivity contribution in [3.63, 3.8) is 0 Å². The summed E-state index contributed by atoms with van der Waals surface area (Å²) in [6.07, 6.45) is 0. The van der Waals surface area contributed by atoms with Crippen LogP contribution in [0.3, 0.4) is 0 Å². The summed E-state index contributed by atoms with van der Waals surface area (Å²) in [6.45, 7) is 3.64. The molecular weight excluding hydrogens is 432 g/mol. The minimum atomic E-state index is -4.28. The van der Waals surface area contributed by atoms with Crippen LogP contribution in [0.15, 0.2) is 56.6 Å². The topological polar surface area (TPSA) is 148 Å². The molecule has 2 aromatic carbocycles. The van der Waals surface area contributed by atoms with Gasteiger partial charge in [0.05, 0.1) is 10.5 Å². The van der Waals surface area contributed by atoms with E-state index in [0.717, 1.165) is 11.1 Å². The number of amides is 1. The van der Waals surface area contributed by atoms with Crippen molar-refractivity contribution in [1.29, 1.82) is 0 Å². The third-order valence-electron chi connectivity index (χ3n) is 4.68. The van der Waals surface area contributed by atoms with Crippen LogP contribution >= 0.6 is 11.6 Å². The third-order valence-corrected chi connectivity index (χ3v) is 6.41. The molecule has 0 aliphatic rings. The van der Waals surface area contributed by atoms with Gasteiger partial charge >= 0.3 is 5.76 Å². The summed E-state index contributed by atoms with van der Waals surface area (Å²) in [5.74, 6) is -2.39. The van der Waals surface area contributed by atoms with Crippen LogP contribution in [0.4, 0.5) is 0 Å². The minimum Gasteiger partial charge on any atom is -0.391 e. The highest BCUT2D eigenvalue weighted by atomic mass is 35.5. The minimum absolute atomic E-state index is 0.145. The molecule has 1 amide bonds. The van der Waals surface area contributed by atoms with Crippen LogP contribution in [-0.2, 0) is 10.0 Å². The average Bonchev–Trinajstić information content (AvgIpc) is 3.12. The number of nitrogens with zero attached hydrogens (tertiary/aromatic N) is 1. The largest absolute Gasteiger partial charge is 0.434 e. The molecular formula is C19H19ClN4O5S. The molecule has 30 heavy (non-hydrogen) atoms. The number of carbonyl (C=O) groups excluding carboxylic acids is 1. The molecule has 0 saturated carbocycles. The molecule has 3 aromatic rings. The maximum atomic E-state index is 13.2. The van der Waals surface area contributed by atoms with Gasteiger partial charge in [0.25, 0.3) is 0 Å². The number of rotatable bonds is 7. The molecule has 0 spiro atoms. The molecule has 0 aliphatic carbocycles. The molecule has 9 nitrogen and oxygen atoms in total. The van der Waals surface area contributed by atoms with Crippen molar-refractivity contribution in [2.75, 3.05) is 0 Å². The highest BCUT2D eigenvalue weighted by Crippen LogP contribution is 2.33. The zero-order chi connectivity index (χ0) is 22.1. The van der Waals surface area contributed by atoms with Gasteiger partial charge in [0.2, 0.25) is 21.8 Å². The molecule has 0 bridgehead atoms. The van der Waals surface area contributed by atoms with E-state index in [4.69, 9.17) is 21.8 Å². The Hall–Kier alpha value is -2.95. The number of halogens is 1. The van der Waals surface area contributed by atoms with Crippen LogP contribution < -0.4 is 16.2 Å². The van der Waals surface area contributed by atoms with E-state index >= 15 is 0 Å². The number of carbonyl (C=O) groups is 1. The zero-order valence-corrected chi connectivity index (χ0v) is 17.6. The lowest BCUT2D eigenvalue weighted by atomic mass is 9.90. The van der Waals surface area contributed by atoms with Crippen molar-refractivity contribution in [2.45, 2.75) is 30.7 Å². The molecule has 0 fully saturated rings. The third kappa shape index (κ3) is 4.45. The summed E-state index contributed by atoms with van der Waals surface area (Å²) in [5, 5.41) is 6.09. The number of primary amides is 1. The molecule has 1 unspecified atom stereocenters. The van der Waals surface area contributed by atoms with Crippen molar-refractivity contribution in [2.24, 2.45) is 5.73 Å². The first-order valence-electron chi connectivity index (χ1n) is 8.83. The second-order valence-corrected chi connectivity index (χ2v) is 8.82. The van der Waals surface area contributed by atoms with Gasteiger partial charge < -0.3 is 10.2 Å². The average molecular weight is 451 g/mol. The first-order valence-corrected chi connectivity index (χ1v) is 10.7. The van der Waals surface area contributed by atoms with Crippen LogP contribution in [0.5, 0.6) is 0 Å². The van der Waals surface area contributed by atoms with Gasteiger partial charge in [-0.05, 0) is 36.2 Å². The molecule has 3 rings (SSSR count). The number of H-pyrrole nitrogens is 1. The van der Waals surface area contributed by atoms with Crippen LogP contribution in [-0.4, -0.2) is 24.5 Å². The number of aromatic nitrogens is 2. The summed E-state index contributed by atoms with van der Waals surface area (Å²) < 4.78 is 33.9. The van der Waals surface area contributed by atoms with E-state index in [1.165, 1.54) is 18.2 Å². The molecule has 158 valence electrons. The first kappa shape index (κ1) is 21.8. The van der Waals surface area contributed by atoms with Gasteiger partial charge in [-0.25, -0.2) is 18.3 Å². The predicted molar refractivity (Wildman–Crippen MR) is 110 cm³/mol. The Labute approximate surface area is 177 Å². The van der Waals surface area contributed by atoms with E-state index in [9.17, 15) is 18.0 Å². The van der Waals surface area contributed by atoms with Crippen LogP contribution in [0.2, 0.25) is 5.02 Å². The first-order chi connectivity index (χ1) is 14.1. The van der Waals surface area contributed by atoms with E-state index in [-0.39, 0.29) is 21.4 Å².